The molecule has 2 heterocycles. The Hall–Kier alpha value is 0.494. The molecule has 1 amide bonds. The molecule has 0 aliphatic carbocycles. The summed E-state index contributed by atoms with van der Waals surface area (Å²) >= 11 is 0. The van der Waals surface area contributed by atoms with E-state index in [1.165, 1.54) is 0 Å². The largest absolute Gasteiger partial charge is 0.341 e. The second kappa shape index (κ2) is 4.65. The van der Waals surface area contributed by atoms with E-state index in [1.807, 2.05) is 4.90 Å². The quantitative estimate of drug-likeness (QED) is 0.582. The first-order valence-corrected chi connectivity index (χ1v) is 4.07. The number of rotatable bonds is 1. The minimum atomic E-state index is 0. The molecule has 1 atom stereocenters. The van der Waals surface area contributed by atoms with Crippen LogP contribution < -0.4 is 5.32 Å². The van der Waals surface area contributed by atoms with Gasteiger partial charge in [-0.15, -0.1) is 0 Å². The van der Waals surface area contributed by atoms with Crippen LogP contribution in [0, 0.1) is 0 Å². The Balaban J connectivity index is 0.000000720. The predicted molar refractivity (Wildman–Crippen MR) is 41.0 cm³/mol. The number of hydrogen-bond acceptors (Lipinski definition) is 3. The van der Waals surface area contributed by atoms with Crippen LogP contribution in [-0.2, 0) is 37.5 Å². The van der Waals surface area contributed by atoms with Gasteiger partial charge in [-0.25, -0.2) is 0 Å². The number of hydrogen-bond donors (Lipinski definition) is 1. The number of carbonyl (C=O) groups excluding carboxylic acids is 1. The molecule has 1 unspecified atom stereocenters. The molecule has 0 saturated carbocycles. The molecular weight excluding hydrogens is 231 g/mol. The molecule has 2 aliphatic heterocycles. The topological polar surface area (TPSA) is 35.6 Å². The van der Waals surface area contributed by atoms with Crippen LogP contribution in [0.2, 0.25) is 0 Å². The maximum Gasteiger partial charge on any atom is 0.209 e. The van der Waals surface area contributed by atoms with E-state index in [4.69, 9.17) is 0 Å². The molecule has 0 aromatic carbocycles. The second-order valence-corrected chi connectivity index (χ2v) is 3.11. The molecule has 0 spiro atoms. The van der Waals surface area contributed by atoms with Crippen LogP contribution in [0.15, 0.2) is 0 Å². The Morgan fingerprint density at radius 2 is 2.17 bits per heavy atom. The van der Waals surface area contributed by atoms with Gasteiger partial charge in [0.25, 0.3) is 0 Å². The van der Waals surface area contributed by atoms with E-state index in [-0.39, 0.29) is 32.7 Å². The third kappa shape index (κ3) is 2.05. The minimum absolute atomic E-state index is 0. The van der Waals surface area contributed by atoms with Crippen LogP contribution in [-0.4, -0.2) is 55.1 Å². The predicted octanol–water partition coefficient (Wildman–Crippen LogP) is -1.31. The van der Waals surface area contributed by atoms with Crippen molar-refractivity contribution in [2.45, 2.75) is 6.17 Å². The number of amides is 1. The fraction of sp³-hybridized carbons (Fsp3) is 0.857. The smallest absolute Gasteiger partial charge is 0.209 e. The summed E-state index contributed by atoms with van der Waals surface area (Å²) in [6.07, 6.45) is 1.37. The van der Waals surface area contributed by atoms with Crippen LogP contribution in [0.3, 0.4) is 0 Å². The van der Waals surface area contributed by atoms with Gasteiger partial charge in [0.2, 0.25) is 6.41 Å². The van der Waals surface area contributed by atoms with Crippen LogP contribution in [0.1, 0.15) is 0 Å². The molecule has 4 nitrogen and oxygen atoms in total. The molecule has 12 heavy (non-hydrogen) atoms. The van der Waals surface area contributed by atoms with Gasteiger partial charge in [-0.1, -0.05) is 0 Å². The van der Waals surface area contributed by atoms with Gasteiger partial charge in [-0.2, -0.15) is 0 Å². The van der Waals surface area contributed by atoms with Gasteiger partial charge in [0.1, 0.15) is 0 Å². The summed E-state index contributed by atoms with van der Waals surface area (Å²) in [7, 11) is 0. The number of fused-ring (bicyclic) bond motifs is 1. The van der Waals surface area contributed by atoms with E-state index in [9.17, 15) is 4.79 Å². The zero-order valence-corrected chi connectivity index (χ0v) is 9.91. The van der Waals surface area contributed by atoms with Gasteiger partial charge >= 0.3 is 0 Å². The van der Waals surface area contributed by atoms with Crippen LogP contribution >= 0.6 is 0 Å². The Morgan fingerprint density at radius 3 is 2.92 bits per heavy atom. The molecule has 2 saturated heterocycles. The molecule has 2 aliphatic rings. The van der Waals surface area contributed by atoms with Crippen molar-refractivity contribution in [1.82, 2.24) is 15.1 Å². The fourth-order valence-corrected chi connectivity index (χ4v) is 1.77. The van der Waals surface area contributed by atoms with Gasteiger partial charge in [-0.05, 0) is 0 Å². The number of carbonyl (C=O) groups is 1. The zero-order chi connectivity index (χ0) is 7.68. The van der Waals surface area contributed by atoms with E-state index in [1.54, 1.807) is 0 Å². The van der Waals surface area contributed by atoms with E-state index < -0.39 is 0 Å². The SMILES string of the molecule is O=CN1CCN2CCNC2C1.[Y]. The second-order valence-electron chi connectivity index (χ2n) is 3.11. The zero-order valence-electron chi connectivity index (χ0n) is 7.07. The maximum atomic E-state index is 10.4. The number of piperazine rings is 1. The summed E-state index contributed by atoms with van der Waals surface area (Å²) in [6.45, 7) is 4.97. The third-order valence-corrected chi connectivity index (χ3v) is 2.45. The Kier molecular flexibility index (Phi) is 4.10. The van der Waals surface area contributed by atoms with E-state index in [2.05, 4.69) is 10.2 Å². The summed E-state index contributed by atoms with van der Waals surface area (Å²) in [6, 6.07) is 0. The number of nitrogens with zero attached hydrogens (tertiary/aromatic N) is 2. The molecular formula is C7H13N3OY. The summed E-state index contributed by atoms with van der Waals surface area (Å²) in [4.78, 5) is 14.6. The Morgan fingerprint density at radius 1 is 1.33 bits per heavy atom. The Labute approximate surface area is 97.5 Å². The van der Waals surface area contributed by atoms with Crippen LogP contribution in [0.4, 0.5) is 0 Å². The summed E-state index contributed by atoms with van der Waals surface area (Å²) in [5, 5.41) is 3.35. The van der Waals surface area contributed by atoms with Crippen LogP contribution in [0.5, 0.6) is 0 Å². The van der Waals surface area contributed by atoms with Crippen molar-refractivity contribution in [3.63, 3.8) is 0 Å². The maximum absolute atomic E-state index is 10.4. The summed E-state index contributed by atoms with van der Waals surface area (Å²) in [5.41, 5.74) is 0. The van der Waals surface area contributed by atoms with Crippen molar-refractivity contribution in [3.05, 3.63) is 0 Å². The van der Waals surface area contributed by atoms with Crippen molar-refractivity contribution < 1.29 is 37.5 Å². The van der Waals surface area contributed by atoms with Gasteiger partial charge in [-0.3, -0.25) is 15.0 Å². The van der Waals surface area contributed by atoms with Crippen molar-refractivity contribution in [3.8, 4) is 0 Å². The van der Waals surface area contributed by atoms with Gasteiger partial charge in [0.05, 0.1) is 6.17 Å². The monoisotopic (exact) mass is 244 g/mol. The first kappa shape index (κ1) is 10.6. The average Bonchev–Trinajstić information content (AvgIpc) is 2.50. The molecule has 1 radical (unpaired) electrons. The van der Waals surface area contributed by atoms with E-state index in [0.717, 1.165) is 39.1 Å². The Bertz CT molecular complexity index is 167. The van der Waals surface area contributed by atoms with Crippen molar-refractivity contribution in [2.75, 3.05) is 32.7 Å². The van der Waals surface area contributed by atoms with Gasteiger partial charge in [0, 0.05) is 65.4 Å². The first-order chi connectivity index (χ1) is 5.40. The molecule has 0 aromatic heterocycles. The molecule has 2 rings (SSSR count). The van der Waals surface area contributed by atoms with Crippen molar-refractivity contribution >= 4 is 6.41 Å². The first-order valence-electron chi connectivity index (χ1n) is 4.07. The molecule has 5 heteroatoms. The number of nitrogens with one attached hydrogen (secondary N) is 1. The van der Waals surface area contributed by atoms with E-state index in [0.29, 0.717) is 6.17 Å². The molecule has 0 bridgehead atoms. The van der Waals surface area contributed by atoms with Crippen molar-refractivity contribution in [1.29, 1.82) is 0 Å². The minimum Gasteiger partial charge on any atom is -0.341 e. The summed E-state index contributed by atoms with van der Waals surface area (Å²) < 4.78 is 0. The fourth-order valence-electron chi connectivity index (χ4n) is 1.77. The molecule has 1 N–H and O–H groups in total. The third-order valence-electron chi connectivity index (χ3n) is 2.45. The van der Waals surface area contributed by atoms with Crippen molar-refractivity contribution in [2.24, 2.45) is 0 Å². The molecule has 0 aromatic rings. The summed E-state index contributed by atoms with van der Waals surface area (Å²) in [5.74, 6) is 0. The molecule has 65 valence electrons. The van der Waals surface area contributed by atoms with Gasteiger partial charge in [0.15, 0.2) is 0 Å². The van der Waals surface area contributed by atoms with E-state index >= 15 is 0 Å². The molecule has 2 fully saturated rings. The normalized spacial score (nSPS) is 29.3. The van der Waals surface area contributed by atoms with Gasteiger partial charge < -0.3 is 4.90 Å². The van der Waals surface area contributed by atoms with Crippen LogP contribution in [0.25, 0.3) is 0 Å². The standard InChI is InChI=1S/C7H13N3O.Y/c11-6-9-3-4-10-2-1-8-7(10)5-9;/h6-8H,1-5H2;. The average molecular weight is 244 g/mol.